The lowest BCUT2D eigenvalue weighted by Gasteiger charge is -2.01. The van der Waals surface area contributed by atoms with Gasteiger partial charge >= 0.3 is 0 Å². The molecule has 9 heteroatoms. The molecule has 4 rings (SSSR count). The number of carbonyl (C=O) groups is 1. The molecule has 0 spiro atoms. The number of imidazole rings is 1. The first-order valence-corrected chi connectivity index (χ1v) is 10.3. The van der Waals surface area contributed by atoms with Crippen molar-refractivity contribution in [2.45, 2.75) is 6.54 Å². The highest BCUT2D eigenvalue weighted by Gasteiger charge is 2.13. The fraction of sp³-hybridized carbons (Fsp3) is 0.105. The van der Waals surface area contributed by atoms with Gasteiger partial charge in [0.05, 0.1) is 24.1 Å². The van der Waals surface area contributed by atoms with Crippen LogP contribution in [0.5, 0.6) is 0 Å². The lowest BCUT2D eigenvalue weighted by Crippen LogP contribution is -2.23. The van der Waals surface area contributed by atoms with E-state index in [4.69, 9.17) is 0 Å². The molecule has 1 amide bonds. The van der Waals surface area contributed by atoms with Crippen LogP contribution in [0.15, 0.2) is 60.9 Å². The quantitative estimate of drug-likeness (QED) is 0.538. The maximum atomic E-state index is 12.2. The van der Waals surface area contributed by atoms with Crippen molar-refractivity contribution in [3.63, 3.8) is 0 Å². The van der Waals surface area contributed by atoms with E-state index in [0.29, 0.717) is 17.0 Å². The minimum atomic E-state index is -3.42. The van der Waals surface area contributed by atoms with Crippen LogP contribution in [0.4, 0.5) is 0 Å². The van der Waals surface area contributed by atoms with Crippen molar-refractivity contribution in [1.29, 1.82) is 0 Å². The number of pyridine rings is 1. The van der Waals surface area contributed by atoms with Gasteiger partial charge in [-0.25, -0.2) is 18.4 Å². The van der Waals surface area contributed by atoms with Crippen molar-refractivity contribution >= 4 is 27.1 Å². The predicted octanol–water partition coefficient (Wildman–Crippen LogP) is 2.16. The maximum absolute atomic E-state index is 12.2. The van der Waals surface area contributed by atoms with Gasteiger partial charge in [-0.15, -0.1) is 0 Å². The Morgan fingerprint density at radius 1 is 1.11 bits per heavy atom. The van der Waals surface area contributed by atoms with E-state index in [2.05, 4.69) is 20.3 Å². The third kappa shape index (κ3) is 3.65. The summed E-state index contributed by atoms with van der Waals surface area (Å²) in [6.45, 7) is 0.167. The Morgan fingerprint density at radius 3 is 2.61 bits per heavy atom. The Bertz CT molecular complexity index is 1260. The number of carbonyl (C=O) groups excluding carboxylic acids is 1. The van der Waals surface area contributed by atoms with Crippen LogP contribution in [0, 0.1) is 0 Å². The summed E-state index contributed by atoms with van der Waals surface area (Å²) < 4.78 is 24.0. The number of aromatic nitrogens is 4. The van der Waals surface area contributed by atoms with Crippen LogP contribution < -0.4 is 5.32 Å². The molecule has 0 bridgehead atoms. The molecule has 28 heavy (non-hydrogen) atoms. The number of nitrogens with zero attached hydrogens (tertiary/aromatic N) is 3. The van der Waals surface area contributed by atoms with Gasteiger partial charge in [0.15, 0.2) is 5.65 Å². The standard InChI is InChI=1S/C19H17N5O3S/c1-28(26,27)24-10-9-14(12-24)19(25)20-11-17-21-16-8-7-15(22-18(16)23-17)13-5-3-2-4-6-13/h2-10,12H,11H2,1H3,(H,20,25)(H,21,22,23). The Hall–Kier alpha value is -3.46. The van der Waals surface area contributed by atoms with Gasteiger partial charge in [0, 0.05) is 18.0 Å². The summed E-state index contributed by atoms with van der Waals surface area (Å²) in [5, 5.41) is 2.72. The van der Waals surface area contributed by atoms with Crippen molar-refractivity contribution in [2.75, 3.05) is 6.26 Å². The molecule has 3 heterocycles. The number of nitrogens with one attached hydrogen (secondary N) is 2. The fourth-order valence-electron chi connectivity index (χ4n) is 2.78. The molecular formula is C19H17N5O3S. The van der Waals surface area contributed by atoms with Crippen LogP contribution in [-0.2, 0) is 16.6 Å². The number of H-pyrrole nitrogens is 1. The van der Waals surface area contributed by atoms with E-state index in [1.54, 1.807) is 0 Å². The first-order valence-electron chi connectivity index (χ1n) is 8.48. The lowest BCUT2D eigenvalue weighted by molar-refractivity contribution is 0.0950. The molecule has 3 aromatic heterocycles. The molecule has 142 valence electrons. The second-order valence-electron chi connectivity index (χ2n) is 6.29. The van der Waals surface area contributed by atoms with Crippen molar-refractivity contribution < 1.29 is 13.2 Å². The van der Waals surface area contributed by atoms with E-state index in [9.17, 15) is 13.2 Å². The maximum Gasteiger partial charge on any atom is 0.253 e. The monoisotopic (exact) mass is 395 g/mol. The second-order valence-corrected chi connectivity index (χ2v) is 8.18. The molecule has 0 saturated carbocycles. The number of fused-ring (bicyclic) bond motifs is 1. The SMILES string of the molecule is CS(=O)(=O)n1ccc(C(=O)NCc2nc3ccc(-c4ccccc4)nc3[nH]2)c1. The lowest BCUT2D eigenvalue weighted by atomic mass is 10.1. The molecule has 0 aliphatic heterocycles. The molecule has 8 nitrogen and oxygen atoms in total. The van der Waals surface area contributed by atoms with Crippen LogP contribution in [0.1, 0.15) is 16.2 Å². The van der Waals surface area contributed by atoms with E-state index in [0.717, 1.165) is 21.5 Å². The zero-order valence-corrected chi connectivity index (χ0v) is 15.8. The fourth-order valence-corrected chi connectivity index (χ4v) is 3.37. The minimum absolute atomic E-state index is 0.167. The van der Waals surface area contributed by atoms with Gasteiger partial charge in [0.25, 0.3) is 5.91 Å². The minimum Gasteiger partial charge on any atom is -0.345 e. The number of aromatic amines is 1. The smallest absolute Gasteiger partial charge is 0.253 e. The third-order valence-corrected chi connectivity index (χ3v) is 5.18. The molecule has 0 aliphatic rings. The van der Waals surface area contributed by atoms with E-state index in [1.807, 2.05) is 42.5 Å². The average Bonchev–Trinajstić information content (AvgIpc) is 3.33. The summed E-state index contributed by atoms with van der Waals surface area (Å²) in [6, 6.07) is 15.0. The Kier molecular flexibility index (Phi) is 4.44. The van der Waals surface area contributed by atoms with Crippen LogP contribution in [-0.4, -0.2) is 39.5 Å². The number of benzene rings is 1. The normalized spacial score (nSPS) is 11.6. The number of amides is 1. The molecule has 0 radical (unpaired) electrons. The van der Waals surface area contributed by atoms with Crippen LogP contribution in [0.25, 0.3) is 22.4 Å². The van der Waals surface area contributed by atoms with Gasteiger partial charge in [-0.3, -0.25) is 8.77 Å². The molecule has 0 atom stereocenters. The summed E-state index contributed by atoms with van der Waals surface area (Å²) in [5.41, 5.74) is 3.42. The highest BCUT2D eigenvalue weighted by atomic mass is 32.2. The first kappa shape index (κ1) is 17.9. The van der Waals surface area contributed by atoms with E-state index in [1.165, 1.54) is 18.5 Å². The second kappa shape index (κ2) is 6.93. The van der Waals surface area contributed by atoms with E-state index < -0.39 is 10.0 Å². The van der Waals surface area contributed by atoms with Crippen molar-refractivity contribution in [2.24, 2.45) is 0 Å². The highest BCUT2D eigenvalue weighted by molar-refractivity contribution is 7.89. The van der Waals surface area contributed by atoms with Gasteiger partial charge in [-0.05, 0) is 18.2 Å². The molecular weight excluding hydrogens is 378 g/mol. The van der Waals surface area contributed by atoms with Crippen molar-refractivity contribution in [3.05, 3.63) is 72.3 Å². The number of hydrogen-bond acceptors (Lipinski definition) is 5. The molecule has 2 N–H and O–H groups in total. The first-order chi connectivity index (χ1) is 13.4. The van der Waals surface area contributed by atoms with Crippen LogP contribution in [0.3, 0.4) is 0 Å². The predicted molar refractivity (Wildman–Crippen MR) is 105 cm³/mol. The Balaban J connectivity index is 1.49. The topological polar surface area (TPSA) is 110 Å². The average molecular weight is 395 g/mol. The van der Waals surface area contributed by atoms with Gasteiger partial charge < -0.3 is 10.3 Å². The van der Waals surface area contributed by atoms with Crippen LogP contribution >= 0.6 is 0 Å². The van der Waals surface area contributed by atoms with Crippen LogP contribution in [0.2, 0.25) is 0 Å². The molecule has 4 aromatic rings. The highest BCUT2D eigenvalue weighted by Crippen LogP contribution is 2.19. The molecule has 0 saturated heterocycles. The summed E-state index contributed by atoms with van der Waals surface area (Å²) >= 11 is 0. The van der Waals surface area contributed by atoms with Gasteiger partial charge in [-0.1, -0.05) is 30.3 Å². The van der Waals surface area contributed by atoms with Crippen molar-refractivity contribution in [1.82, 2.24) is 24.2 Å². The third-order valence-electron chi connectivity index (χ3n) is 4.19. The summed E-state index contributed by atoms with van der Waals surface area (Å²) in [5.74, 6) is 0.171. The van der Waals surface area contributed by atoms with Gasteiger partial charge in [0.2, 0.25) is 10.0 Å². The Morgan fingerprint density at radius 2 is 1.89 bits per heavy atom. The largest absolute Gasteiger partial charge is 0.345 e. The summed E-state index contributed by atoms with van der Waals surface area (Å²) in [4.78, 5) is 24.3. The number of rotatable bonds is 5. The van der Waals surface area contributed by atoms with Gasteiger partial charge in [-0.2, -0.15) is 0 Å². The van der Waals surface area contributed by atoms with Gasteiger partial charge in [0.1, 0.15) is 11.3 Å². The molecule has 1 aromatic carbocycles. The zero-order chi connectivity index (χ0) is 19.7. The molecule has 0 aliphatic carbocycles. The Labute approximate surface area is 161 Å². The molecule has 0 unspecified atom stereocenters. The van der Waals surface area contributed by atoms with Crippen molar-refractivity contribution in [3.8, 4) is 11.3 Å². The van der Waals surface area contributed by atoms with E-state index in [-0.39, 0.29) is 18.0 Å². The summed E-state index contributed by atoms with van der Waals surface area (Å²) in [7, 11) is -3.42. The summed E-state index contributed by atoms with van der Waals surface area (Å²) in [6.07, 6.45) is 3.68. The molecule has 0 fully saturated rings. The zero-order valence-electron chi connectivity index (χ0n) is 15.0. The number of hydrogen-bond donors (Lipinski definition) is 2. The van der Waals surface area contributed by atoms with E-state index >= 15 is 0 Å².